The van der Waals surface area contributed by atoms with E-state index in [2.05, 4.69) is 102 Å². The minimum absolute atomic E-state index is 0. The molecule has 0 saturated carbocycles. The minimum Gasteiger partial charge on any atom is -0.512 e. The number of aliphatic hydroxyl groups is 1. The molecule has 0 bridgehead atoms. The van der Waals surface area contributed by atoms with Gasteiger partial charge in [-0.05, 0) is 59.8 Å². The van der Waals surface area contributed by atoms with Crippen LogP contribution in [0.2, 0.25) is 0 Å². The van der Waals surface area contributed by atoms with Crippen LogP contribution >= 0.6 is 0 Å². The van der Waals surface area contributed by atoms with E-state index in [-0.39, 0.29) is 51.8 Å². The molecule has 6 heteroatoms. The van der Waals surface area contributed by atoms with Crippen molar-refractivity contribution in [2.75, 3.05) is 0 Å². The molecule has 2 heterocycles. The molecule has 333 valence electrons. The molecule has 0 fully saturated rings. The third-order valence-electron chi connectivity index (χ3n) is 9.50. The van der Waals surface area contributed by atoms with Crippen molar-refractivity contribution >= 4 is 5.78 Å². The zero-order chi connectivity index (χ0) is 44.8. The average molecular weight is 1210 g/mol. The van der Waals surface area contributed by atoms with Gasteiger partial charge >= 0.3 is 20.1 Å². The maximum absolute atomic E-state index is 11.2. The molecule has 0 aliphatic heterocycles. The number of carbonyl (C=O) groups is 1. The van der Waals surface area contributed by atoms with E-state index in [4.69, 9.17) is 0 Å². The van der Waals surface area contributed by atoms with Crippen LogP contribution < -0.4 is 0 Å². The van der Waals surface area contributed by atoms with Crippen molar-refractivity contribution in [2.24, 2.45) is 11.8 Å². The molecule has 0 saturated heterocycles. The van der Waals surface area contributed by atoms with Gasteiger partial charge in [-0.25, -0.2) is 11.1 Å². The third-order valence-corrected chi connectivity index (χ3v) is 9.50. The normalized spacial score (nSPS) is 10.4. The summed E-state index contributed by atoms with van der Waals surface area (Å²) >= 11 is 0. The first-order valence-electron chi connectivity index (χ1n) is 21.4. The van der Waals surface area contributed by atoms with Crippen molar-refractivity contribution in [1.82, 2.24) is 9.97 Å². The van der Waals surface area contributed by atoms with Crippen LogP contribution in [0.5, 0.6) is 0 Å². The number of aliphatic hydroxyl groups excluding tert-OH is 1. The Morgan fingerprint density at radius 3 is 1.58 bits per heavy atom. The molecule has 0 spiro atoms. The number of hydrogen-bond acceptors (Lipinski definition) is 4. The van der Waals surface area contributed by atoms with E-state index in [1.54, 1.807) is 0 Å². The fourth-order valence-electron chi connectivity index (χ4n) is 6.32. The Morgan fingerprint density at radius 1 is 0.538 bits per heavy atom. The first-order chi connectivity index (χ1) is 30.5. The van der Waals surface area contributed by atoms with Gasteiger partial charge in [0.15, 0.2) is 5.78 Å². The van der Waals surface area contributed by atoms with E-state index in [0.717, 1.165) is 33.6 Å². The minimum atomic E-state index is 0. The number of carbonyl (C=O) groups excluding carboxylic acids is 1. The maximum Gasteiger partial charge on any atom is 3.00 e. The quantitative estimate of drug-likeness (QED) is 0.0842. The molecule has 2 aromatic heterocycles. The summed E-state index contributed by atoms with van der Waals surface area (Å²) in [5, 5.41) is 9.34. The summed E-state index contributed by atoms with van der Waals surface area (Å²) in [5.41, 5.74) is 13.4. The van der Waals surface area contributed by atoms with Crippen LogP contribution in [0.25, 0.3) is 55.9 Å². The van der Waals surface area contributed by atoms with Crippen molar-refractivity contribution in [1.29, 1.82) is 0 Å². The number of aryl methyl sites for hydroxylation is 2. The first-order valence-corrected chi connectivity index (χ1v) is 21.4. The summed E-state index contributed by atoms with van der Waals surface area (Å²) in [7, 11) is 0. The van der Waals surface area contributed by atoms with E-state index < -0.39 is 0 Å². The molecule has 0 aliphatic rings. The third kappa shape index (κ3) is 19.0. The molecule has 0 amide bonds. The summed E-state index contributed by atoms with van der Waals surface area (Å²) in [4.78, 5) is 19.9. The number of hydrogen-bond donors (Lipinski definition) is 1. The summed E-state index contributed by atoms with van der Waals surface area (Å²) in [6.45, 7) is 12.1. The molecule has 8 aromatic rings. The smallest absolute Gasteiger partial charge is 0.512 e. The molecule has 4 nitrogen and oxygen atoms in total. The second-order valence-corrected chi connectivity index (χ2v) is 16.0. The first kappa shape index (κ1) is 53.5. The standard InChI is InChI=1S/C18H14N.C18H12.C12H10N.C11H20O2.2Ir/c1-14-7-9-15(10-8-14)17-11-12-19-18(13-17)16-5-3-2-4-6-16;1-3-7-15(8-4-1)17-11-13-18(14-12-17)16-9-5-2-6-10-16;1-10-7-8-12(13-9-10)11-5-3-2-4-6-11;1-8(2)5-10(12)7-11(13)6-9(3)4;;/h2-5,7-13H,1H3;1-9,11-13H;2-5,7-9H,1H3;7-9,12H,5-6H2,1-4H3;;/q-1;-2;-1;;;+3. The van der Waals surface area contributed by atoms with Crippen LogP contribution in [0.4, 0.5) is 0 Å². The van der Waals surface area contributed by atoms with Gasteiger partial charge in [0.1, 0.15) is 0 Å². The molecule has 0 atom stereocenters. The molecule has 1 radical (unpaired) electrons. The molecular weight excluding hydrogens is 1150 g/mol. The van der Waals surface area contributed by atoms with Gasteiger partial charge in [0, 0.05) is 51.4 Å². The van der Waals surface area contributed by atoms with Crippen LogP contribution in [0.1, 0.15) is 51.7 Å². The molecule has 0 aliphatic carbocycles. The van der Waals surface area contributed by atoms with Gasteiger partial charge in [-0.3, -0.25) is 4.79 Å². The number of rotatable bonds is 10. The van der Waals surface area contributed by atoms with Gasteiger partial charge in [-0.1, -0.05) is 112 Å². The van der Waals surface area contributed by atoms with E-state index in [9.17, 15) is 9.90 Å². The molecule has 0 unspecified atom stereocenters. The number of benzene rings is 6. The summed E-state index contributed by atoms with van der Waals surface area (Å²) in [6.07, 6.45) is 6.19. The van der Waals surface area contributed by atoms with Crippen LogP contribution in [0.3, 0.4) is 0 Å². The fourth-order valence-corrected chi connectivity index (χ4v) is 6.32. The SMILES string of the molecule is CC(C)CC(=O)C=C(O)CC(C)C.Cc1ccc(-c2[c-]cccc2)nc1.Cc1ccc(-c2ccnc(-c3[c-]cccc3)c2)cc1.[Ir+3].[Ir].[c-]1ccccc1-c1[c-]cc(-c2ccccc2)cc1. The topological polar surface area (TPSA) is 63.1 Å². The van der Waals surface area contributed by atoms with Crippen LogP contribution in [-0.4, -0.2) is 20.9 Å². The Kier molecular flexibility index (Phi) is 23.7. The van der Waals surface area contributed by atoms with Crippen molar-refractivity contribution in [3.8, 4) is 55.9 Å². The number of aromatic nitrogens is 2. The second kappa shape index (κ2) is 28.8. The summed E-state index contributed by atoms with van der Waals surface area (Å²) < 4.78 is 0. The van der Waals surface area contributed by atoms with E-state index >= 15 is 0 Å². The van der Waals surface area contributed by atoms with E-state index in [0.29, 0.717) is 24.7 Å². The van der Waals surface area contributed by atoms with E-state index in [1.165, 1.54) is 39.5 Å². The number of ketones is 1. The van der Waals surface area contributed by atoms with Crippen LogP contribution in [-0.2, 0) is 45.0 Å². The van der Waals surface area contributed by atoms with Gasteiger partial charge in [0.25, 0.3) is 0 Å². The van der Waals surface area contributed by atoms with Crippen LogP contribution in [0.15, 0.2) is 194 Å². The van der Waals surface area contributed by atoms with Gasteiger partial charge in [0.05, 0.1) is 5.76 Å². The molecule has 1 N–H and O–H groups in total. The van der Waals surface area contributed by atoms with Crippen molar-refractivity contribution in [3.63, 3.8) is 0 Å². The van der Waals surface area contributed by atoms with Crippen molar-refractivity contribution < 1.29 is 50.1 Å². The van der Waals surface area contributed by atoms with Gasteiger partial charge in [-0.2, -0.15) is 36.4 Å². The Bertz CT molecular complexity index is 2500. The summed E-state index contributed by atoms with van der Waals surface area (Å²) in [6, 6.07) is 70.0. The number of pyridine rings is 2. The predicted molar refractivity (Wildman–Crippen MR) is 262 cm³/mol. The summed E-state index contributed by atoms with van der Waals surface area (Å²) in [5.74, 6) is 0.979. The van der Waals surface area contributed by atoms with Gasteiger partial charge < -0.3 is 15.1 Å². The number of allylic oxidation sites excluding steroid dienone is 2. The van der Waals surface area contributed by atoms with Crippen LogP contribution in [0, 0.1) is 49.9 Å². The zero-order valence-corrected chi connectivity index (χ0v) is 42.7. The molecule has 6 aromatic carbocycles. The Labute approximate surface area is 414 Å². The van der Waals surface area contributed by atoms with E-state index in [1.807, 2.05) is 156 Å². The maximum atomic E-state index is 11.2. The molecular formula is C59H56Ir2N2O2-. The predicted octanol–water partition coefficient (Wildman–Crippen LogP) is 15.1. The molecule has 65 heavy (non-hydrogen) atoms. The Hall–Kier alpha value is -5.87. The van der Waals surface area contributed by atoms with Crippen molar-refractivity contribution in [3.05, 3.63) is 229 Å². The average Bonchev–Trinajstić information content (AvgIpc) is 3.31. The van der Waals surface area contributed by atoms with Crippen molar-refractivity contribution in [2.45, 2.75) is 54.4 Å². The zero-order valence-electron chi connectivity index (χ0n) is 37.9. The van der Waals surface area contributed by atoms with Gasteiger partial charge in [0.2, 0.25) is 0 Å². The Morgan fingerprint density at radius 2 is 1.06 bits per heavy atom. The second-order valence-electron chi connectivity index (χ2n) is 16.0. The number of nitrogens with zero attached hydrogens (tertiary/aromatic N) is 2. The monoisotopic (exact) mass is 1210 g/mol. The largest absolute Gasteiger partial charge is 3.00 e. The van der Waals surface area contributed by atoms with Gasteiger partial charge in [-0.15, -0.1) is 95.6 Å². The Balaban J connectivity index is 0.000000231. The fraction of sp³-hybridized carbons (Fsp3) is 0.169. The molecule has 8 rings (SSSR count).